The van der Waals surface area contributed by atoms with Gasteiger partial charge in [0.1, 0.15) is 5.82 Å². The second kappa shape index (κ2) is 4.68. The van der Waals surface area contributed by atoms with Crippen molar-refractivity contribution in [1.29, 1.82) is 0 Å². The number of hydrogen-bond donors (Lipinski definition) is 0. The summed E-state index contributed by atoms with van der Waals surface area (Å²) in [4.78, 5) is 17.6. The van der Waals surface area contributed by atoms with Gasteiger partial charge in [-0.2, -0.15) is 0 Å². The number of aromatic nitrogens is 1. The Hall–Kier alpha value is -2.43. The Bertz CT molecular complexity index is 613. The summed E-state index contributed by atoms with van der Waals surface area (Å²) >= 11 is 0. The van der Waals surface area contributed by atoms with Gasteiger partial charge < -0.3 is 4.74 Å². The average molecular weight is 258 g/mol. The number of nitrogens with zero attached hydrogens (tertiary/aromatic N) is 2. The van der Waals surface area contributed by atoms with Gasteiger partial charge >= 0.3 is 0 Å². The topological polar surface area (TPSA) is 42.4 Å². The third-order valence-electron chi connectivity index (χ3n) is 2.91. The number of halogens is 1. The van der Waals surface area contributed by atoms with Crippen LogP contribution in [0.1, 0.15) is 5.56 Å². The smallest absolute Gasteiger partial charge is 0.266 e. The number of fused-ring (bicyclic) bond motifs is 1. The number of amides is 1. The summed E-state index contributed by atoms with van der Waals surface area (Å²) in [5.74, 6) is 0.637. The molecule has 0 aliphatic carbocycles. The predicted octanol–water partition coefficient (Wildman–Crippen LogP) is 2.15. The van der Waals surface area contributed by atoms with Crippen LogP contribution >= 0.6 is 0 Å². The fourth-order valence-electron chi connectivity index (χ4n) is 1.97. The van der Waals surface area contributed by atoms with E-state index >= 15 is 0 Å². The minimum atomic E-state index is -0.296. The lowest BCUT2D eigenvalue weighted by Gasteiger charge is -2.28. The number of anilines is 1. The predicted molar refractivity (Wildman–Crippen MR) is 67.3 cm³/mol. The molecule has 1 aliphatic heterocycles. The van der Waals surface area contributed by atoms with Crippen molar-refractivity contribution in [2.45, 2.75) is 6.54 Å². The minimum absolute atomic E-state index is 0.000111. The van der Waals surface area contributed by atoms with E-state index in [0.717, 1.165) is 5.56 Å². The number of carbonyl (C=O) groups is 1. The van der Waals surface area contributed by atoms with Crippen LogP contribution in [0.15, 0.2) is 42.6 Å². The van der Waals surface area contributed by atoms with Crippen LogP contribution in [0.5, 0.6) is 5.75 Å². The van der Waals surface area contributed by atoms with Gasteiger partial charge in [-0.25, -0.2) is 9.37 Å². The van der Waals surface area contributed by atoms with E-state index in [2.05, 4.69) is 4.98 Å². The molecule has 0 spiro atoms. The Balaban J connectivity index is 1.91. The molecule has 0 fully saturated rings. The highest BCUT2D eigenvalue weighted by atomic mass is 19.1. The Kier molecular flexibility index (Phi) is 2.87. The van der Waals surface area contributed by atoms with Gasteiger partial charge in [0.15, 0.2) is 18.2 Å². The molecule has 2 aromatic rings. The van der Waals surface area contributed by atoms with E-state index < -0.39 is 0 Å². The summed E-state index contributed by atoms with van der Waals surface area (Å²) in [6.07, 6.45) is 1.61. The third kappa shape index (κ3) is 2.27. The summed E-state index contributed by atoms with van der Waals surface area (Å²) in [6, 6.07) is 9.58. The molecule has 0 saturated heterocycles. The lowest BCUT2D eigenvalue weighted by Crippen LogP contribution is -2.38. The number of pyridine rings is 1. The number of hydrogen-bond acceptors (Lipinski definition) is 3. The van der Waals surface area contributed by atoms with Gasteiger partial charge in [0.2, 0.25) is 0 Å². The fraction of sp³-hybridized carbons (Fsp3) is 0.143. The number of rotatable bonds is 2. The van der Waals surface area contributed by atoms with Crippen molar-refractivity contribution >= 4 is 11.7 Å². The summed E-state index contributed by atoms with van der Waals surface area (Å²) in [6.45, 7) is 0.354. The Morgan fingerprint density at radius 3 is 2.84 bits per heavy atom. The maximum Gasteiger partial charge on any atom is 0.266 e. The molecule has 0 N–H and O–H groups in total. The van der Waals surface area contributed by atoms with Gasteiger partial charge in [0, 0.05) is 6.20 Å². The molecular formula is C14H11FN2O2. The zero-order chi connectivity index (χ0) is 13.2. The molecule has 4 nitrogen and oxygen atoms in total. The molecule has 5 heteroatoms. The molecule has 3 rings (SSSR count). The normalized spacial score (nSPS) is 13.9. The molecular weight excluding hydrogens is 247 g/mol. The summed E-state index contributed by atoms with van der Waals surface area (Å²) in [5, 5.41) is 0. The number of carbonyl (C=O) groups excluding carboxylic acids is 1. The van der Waals surface area contributed by atoms with Gasteiger partial charge in [-0.05, 0) is 29.8 Å². The van der Waals surface area contributed by atoms with E-state index in [-0.39, 0.29) is 18.3 Å². The van der Waals surface area contributed by atoms with Crippen molar-refractivity contribution < 1.29 is 13.9 Å². The highest BCUT2D eigenvalue weighted by molar-refractivity contribution is 5.96. The van der Waals surface area contributed by atoms with E-state index in [4.69, 9.17) is 4.74 Å². The molecule has 0 unspecified atom stereocenters. The molecule has 1 amide bonds. The first-order valence-electron chi connectivity index (χ1n) is 5.86. The fourth-order valence-corrected chi connectivity index (χ4v) is 1.97. The summed E-state index contributed by atoms with van der Waals surface area (Å²) in [7, 11) is 0. The van der Waals surface area contributed by atoms with E-state index in [1.165, 1.54) is 12.1 Å². The first-order chi connectivity index (χ1) is 9.24. The minimum Gasteiger partial charge on any atom is -0.480 e. The van der Waals surface area contributed by atoms with Gasteiger partial charge in [-0.3, -0.25) is 9.69 Å². The molecule has 1 aromatic heterocycles. The van der Waals surface area contributed by atoms with Crippen LogP contribution in [0.4, 0.5) is 10.2 Å². The monoisotopic (exact) mass is 258 g/mol. The molecule has 19 heavy (non-hydrogen) atoms. The van der Waals surface area contributed by atoms with Crippen LogP contribution in [-0.2, 0) is 11.3 Å². The lowest BCUT2D eigenvalue weighted by atomic mass is 10.2. The maximum atomic E-state index is 12.9. The Morgan fingerprint density at radius 1 is 1.26 bits per heavy atom. The molecule has 2 heterocycles. The molecule has 0 atom stereocenters. The van der Waals surface area contributed by atoms with Crippen LogP contribution < -0.4 is 9.64 Å². The summed E-state index contributed by atoms with van der Waals surface area (Å²) in [5.41, 5.74) is 0.841. The van der Waals surface area contributed by atoms with Gasteiger partial charge in [-0.15, -0.1) is 0 Å². The number of ether oxygens (including phenoxy) is 1. The van der Waals surface area contributed by atoms with Gasteiger partial charge in [0.05, 0.1) is 6.54 Å². The van der Waals surface area contributed by atoms with Crippen LogP contribution in [-0.4, -0.2) is 17.5 Å². The SMILES string of the molecule is O=C1COc2cccnc2N1Cc1ccc(F)cc1. The van der Waals surface area contributed by atoms with Crippen LogP contribution in [0, 0.1) is 5.82 Å². The van der Waals surface area contributed by atoms with Crippen molar-refractivity contribution in [3.8, 4) is 5.75 Å². The first kappa shape index (κ1) is 11.6. The lowest BCUT2D eigenvalue weighted by molar-refractivity contribution is -0.121. The van der Waals surface area contributed by atoms with E-state index in [1.807, 2.05) is 0 Å². The largest absolute Gasteiger partial charge is 0.480 e. The Labute approximate surface area is 109 Å². The molecule has 96 valence electrons. The molecule has 0 saturated carbocycles. The maximum absolute atomic E-state index is 12.9. The van der Waals surface area contributed by atoms with Crippen LogP contribution in [0.25, 0.3) is 0 Å². The highest BCUT2D eigenvalue weighted by Gasteiger charge is 2.26. The van der Waals surface area contributed by atoms with E-state index in [0.29, 0.717) is 18.1 Å². The quantitative estimate of drug-likeness (QED) is 0.828. The van der Waals surface area contributed by atoms with Crippen LogP contribution in [0.3, 0.4) is 0 Å². The van der Waals surface area contributed by atoms with E-state index in [9.17, 15) is 9.18 Å². The second-order valence-electron chi connectivity index (χ2n) is 4.22. The zero-order valence-corrected chi connectivity index (χ0v) is 10.0. The van der Waals surface area contributed by atoms with Crippen molar-refractivity contribution in [3.05, 3.63) is 54.0 Å². The van der Waals surface area contributed by atoms with Crippen molar-refractivity contribution in [1.82, 2.24) is 4.98 Å². The second-order valence-corrected chi connectivity index (χ2v) is 4.22. The molecule has 0 bridgehead atoms. The van der Waals surface area contributed by atoms with E-state index in [1.54, 1.807) is 35.4 Å². The van der Waals surface area contributed by atoms with Crippen LogP contribution in [0.2, 0.25) is 0 Å². The van der Waals surface area contributed by atoms with Crippen molar-refractivity contribution in [2.24, 2.45) is 0 Å². The van der Waals surface area contributed by atoms with Crippen molar-refractivity contribution in [2.75, 3.05) is 11.5 Å². The molecule has 1 aromatic carbocycles. The number of benzene rings is 1. The van der Waals surface area contributed by atoms with Gasteiger partial charge in [0.25, 0.3) is 5.91 Å². The third-order valence-corrected chi connectivity index (χ3v) is 2.91. The van der Waals surface area contributed by atoms with Gasteiger partial charge in [-0.1, -0.05) is 12.1 Å². The summed E-state index contributed by atoms with van der Waals surface area (Å²) < 4.78 is 18.2. The zero-order valence-electron chi connectivity index (χ0n) is 10.0. The standard InChI is InChI=1S/C14H11FN2O2/c15-11-5-3-10(4-6-11)8-17-13(18)9-19-12-2-1-7-16-14(12)17/h1-7H,8-9H2. The van der Waals surface area contributed by atoms with Crippen molar-refractivity contribution in [3.63, 3.8) is 0 Å². The first-order valence-corrected chi connectivity index (χ1v) is 5.86. The Morgan fingerprint density at radius 2 is 2.05 bits per heavy atom. The highest BCUT2D eigenvalue weighted by Crippen LogP contribution is 2.30. The average Bonchev–Trinajstić information content (AvgIpc) is 2.44. The molecule has 0 radical (unpaired) electrons. The molecule has 1 aliphatic rings.